The lowest BCUT2D eigenvalue weighted by atomic mass is 9.83. The van der Waals surface area contributed by atoms with E-state index < -0.39 is 49.8 Å². The minimum atomic E-state index is -5.61. The van der Waals surface area contributed by atoms with Gasteiger partial charge in [-0.05, 0) is 81.0 Å². The number of carbonyl (C=O) groups excluding carboxylic acids is 2. The summed E-state index contributed by atoms with van der Waals surface area (Å²) < 4.78 is 88.9. The Bertz CT molecular complexity index is 1490. The van der Waals surface area contributed by atoms with Gasteiger partial charge < -0.3 is 25.8 Å². The summed E-state index contributed by atoms with van der Waals surface area (Å²) in [5, 5.41) is 5.45. The number of hydrogen-bond acceptors (Lipinski definition) is 7. The maximum absolute atomic E-state index is 14.9. The number of methoxy groups -OCH3 is 1. The molecule has 3 fully saturated rings. The van der Waals surface area contributed by atoms with Gasteiger partial charge in [0.05, 0.1) is 29.6 Å². The zero-order chi connectivity index (χ0) is 31.1. The first-order chi connectivity index (χ1) is 20.3. The molecule has 4 N–H and O–H groups in total. The van der Waals surface area contributed by atoms with Gasteiger partial charge >= 0.3 is 5.51 Å². The monoisotopic (exact) mass is 627 g/mol. The summed E-state index contributed by atoms with van der Waals surface area (Å²) in [5.74, 6) is -2.79. The van der Waals surface area contributed by atoms with Crippen molar-refractivity contribution in [2.45, 2.75) is 73.5 Å². The Morgan fingerprint density at radius 3 is 2.35 bits per heavy atom. The molecule has 2 bridgehead atoms. The summed E-state index contributed by atoms with van der Waals surface area (Å²) in [6, 6.07) is 5.77. The van der Waals surface area contributed by atoms with Crippen LogP contribution < -0.4 is 25.8 Å². The minimum Gasteiger partial charge on any atom is -0.496 e. The fourth-order valence-corrected chi connectivity index (χ4v) is 7.37. The van der Waals surface area contributed by atoms with Gasteiger partial charge in [0.25, 0.3) is 15.7 Å². The van der Waals surface area contributed by atoms with Crippen molar-refractivity contribution < 1.29 is 45.0 Å². The maximum Gasteiger partial charge on any atom is 0.501 e. The van der Waals surface area contributed by atoms with Crippen LogP contribution in [0.4, 0.5) is 23.2 Å². The normalized spacial score (nSPS) is 27.0. The summed E-state index contributed by atoms with van der Waals surface area (Å²) in [6.45, 7) is 0. The van der Waals surface area contributed by atoms with Gasteiger partial charge in [-0.15, -0.1) is 0 Å². The molecule has 0 spiro atoms. The van der Waals surface area contributed by atoms with Crippen molar-refractivity contribution in [2.75, 3.05) is 12.4 Å². The van der Waals surface area contributed by atoms with Crippen molar-refractivity contribution in [1.82, 2.24) is 5.32 Å². The molecule has 234 valence electrons. The highest BCUT2D eigenvalue weighted by atomic mass is 32.2. The summed E-state index contributed by atoms with van der Waals surface area (Å²) in [6.07, 6.45) is 4.68. The van der Waals surface area contributed by atoms with E-state index in [9.17, 15) is 35.6 Å². The van der Waals surface area contributed by atoms with E-state index in [1.807, 2.05) is 0 Å². The molecule has 0 saturated heterocycles. The summed E-state index contributed by atoms with van der Waals surface area (Å²) in [4.78, 5) is 26.0. The first kappa shape index (κ1) is 31.0. The average molecular weight is 628 g/mol. The van der Waals surface area contributed by atoms with Crippen molar-refractivity contribution in [3.05, 3.63) is 47.8 Å². The quantitative estimate of drug-likeness (QED) is 0.365. The Morgan fingerprint density at radius 2 is 1.67 bits per heavy atom. The second-order valence-electron chi connectivity index (χ2n) is 11.5. The summed E-state index contributed by atoms with van der Waals surface area (Å²) >= 11 is 0. The van der Waals surface area contributed by atoms with Gasteiger partial charge in [0.1, 0.15) is 5.75 Å². The molecule has 3 aliphatic rings. The van der Waals surface area contributed by atoms with Crippen LogP contribution in [0.1, 0.15) is 55.3 Å². The largest absolute Gasteiger partial charge is 0.501 e. The van der Waals surface area contributed by atoms with Crippen LogP contribution in [-0.2, 0) is 14.6 Å². The first-order valence-corrected chi connectivity index (χ1v) is 15.6. The van der Waals surface area contributed by atoms with E-state index in [2.05, 4.69) is 10.6 Å². The van der Waals surface area contributed by atoms with Gasteiger partial charge in [0.15, 0.2) is 11.6 Å². The van der Waals surface area contributed by atoms with Crippen LogP contribution in [0.5, 0.6) is 11.5 Å². The van der Waals surface area contributed by atoms with Crippen LogP contribution in [0, 0.1) is 23.6 Å². The van der Waals surface area contributed by atoms with Crippen molar-refractivity contribution in [1.29, 1.82) is 0 Å². The molecule has 0 heterocycles. The molecule has 2 amide bonds. The highest BCUT2D eigenvalue weighted by molar-refractivity contribution is 7.92. The minimum absolute atomic E-state index is 0.0140. The molecule has 43 heavy (non-hydrogen) atoms. The predicted octanol–water partition coefficient (Wildman–Crippen LogP) is 4.56. The van der Waals surface area contributed by atoms with Crippen molar-refractivity contribution >= 4 is 27.3 Å². The van der Waals surface area contributed by atoms with E-state index in [1.54, 1.807) is 0 Å². The van der Waals surface area contributed by atoms with Gasteiger partial charge in [-0.25, -0.2) is 12.8 Å². The molecule has 0 radical (unpaired) electrons. The number of halogens is 4. The molecule has 5 rings (SSSR count). The predicted molar refractivity (Wildman–Crippen MR) is 148 cm³/mol. The molecule has 0 aromatic heterocycles. The van der Waals surface area contributed by atoms with Crippen LogP contribution in [0.15, 0.2) is 41.3 Å². The fourth-order valence-electron chi connectivity index (χ4n) is 6.56. The SMILES string of the molecule is COc1cc(F)c(OC2CCC(N)CC2)cc1C(=O)NC1C2CCC(C2)C1C(=O)Nc1cccc(S(=O)(=O)C(F)(F)F)c1. The van der Waals surface area contributed by atoms with Crippen molar-refractivity contribution in [3.63, 3.8) is 0 Å². The van der Waals surface area contributed by atoms with E-state index in [0.29, 0.717) is 19.3 Å². The van der Waals surface area contributed by atoms with Gasteiger partial charge in [0.2, 0.25) is 5.91 Å². The molecule has 14 heteroatoms. The van der Waals surface area contributed by atoms with Crippen LogP contribution in [0.2, 0.25) is 0 Å². The van der Waals surface area contributed by atoms with Crippen LogP contribution >= 0.6 is 0 Å². The molecule has 3 saturated carbocycles. The fraction of sp³-hybridized carbons (Fsp3) is 0.517. The molecule has 9 nitrogen and oxygen atoms in total. The molecular formula is C29H33F4N3O6S. The third kappa shape index (κ3) is 6.30. The average Bonchev–Trinajstić information content (AvgIpc) is 3.56. The molecule has 4 unspecified atom stereocenters. The number of amides is 2. The summed E-state index contributed by atoms with van der Waals surface area (Å²) in [5.41, 5.74) is 0.363. The number of ether oxygens (including phenoxy) is 2. The van der Waals surface area contributed by atoms with Crippen molar-refractivity contribution in [3.8, 4) is 11.5 Å². The van der Waals surface area contributed by atoms with Gasteiger partial charge in [-0.2, -0.15) is 13.2 Å². The van der Waals surface area contributed by atoms with Gasteiger partial charge in [-0.3, -0.25) is 9.59 Å². The Labute approximate surface area is 246 Å². The zero-order valence-electron chi connectivity index (χ0n) is 23.3. The lowest BCUT2D eigenvalue weighted by Gasteiger charge is -2.31. The third-order valence-electron chi connectivity index (χ3n) is 8.74. The maximum atomic E-state index is 14.9. The number of sulfone groups is 1. The molecule has 2 aromatic rings. The Balaban J connectivity index is 1.34. The number of benzene rings is 2. The van der Waals surface area contributed by atoms with E-state index >= 15 is 0 Å². The third-order valence-corrected chi connectivity index (χ3v) is 10.2. The lowest BCUT2D eigenvalue weighted by Crippen LogP contribution is -2.48. The smallest absolute Gasteiger partial charge is 0.496 e. The number of rotatable bonds is 8. The molecule has 3 aliphatic carbocycles. The molecule has 2 aromatic carbocycles. The highest BCUT2D eigenvalue weighted by Crippen LogP contribution is 2.49. The van der Waals surface area contributed by atoms with Crippen LogP contribution in [-0.4, -0.2) is 51.0 Å². The number of fused-ring (bicyclic) bond motifs is 2. The molecular weight excluding hydrogens is 594 g/mol. The Morgan fingerprint density at radius 1 is 0.977 bits per heavy atom. The number of carbonyl (C=O) groups is 2. The number of nitrogens with two attached hydrogens (primary N) is 1. The van der Waals surface area contributed by atoms with Crippen LogP contribution in [0.3, 0.4) is 0 Å². The second kappa shape index (κ2) is 11.9. The number of alkyl halides is 3. The number of hydrogen-bond donors (Lipinski definition) is 3. The highest BCUT2D eigenvalue weighted by Gasteiger charge is 2.52. The number of nitrogens with one attached hydrogen (secondary N) is 2. The van der Waals surface area contributed by atoms with E-state index in [-0.39, 0.29) is 46.7 Å². The van der Waals surface area contributed by atoms with Gasteiger partial charge in [-0.1, -0.05) is 6.07 Å². The Hall–Kier alpha value is -3.39. The first-order valence-electron chi connectivity index (χ1n) is 14.1. The van der Waals surface area contributed by atoms with Crippen LogP contribution in [0.25, 0.3) is 0 Å². The topological polar surface area (TPSA) is 137 Å². The van der Waals surface area contributed by atoms with E-state index in [1.165, 1.54) is 19.2 Å². The summed E-state index contributed by atoms with van der Waals surface area (Å²) in [7, 11) is -4.31. The Kier molecular flexibility index (Phi) is 8.63. The second-order valence-corrected chi connectivity index (χ2v) is 13.4. The lowest BCUT2D eigenvalue weighted by molar-refractivity contribution is -0.122. The van der Waals surface area contributed by atoms with Crippen molar-refractivity contribution in [2.24, 2.45) is 23.5 Å². The van der Waals surface area contributed by atoms with Gasteiger partial charge in [0, 0.05) is 23.8 Å². The standard InChI is InChI=1S/C29H33F4N3O6S/c1-41-23-14-22(30)24(42-19-9-7-17(34)8-10-19)13-21(23)27(37)36-26-16-6-5-15(11-16)25(26)28(38)35-18-3-2-4-20(12-18)43(39,40)29(31,32)33/h2-4,12-17,19,25-26H,5-11,34H2,1H3,(H,35,38)(H,36,37). The molecule has 4 atom stereocenters. The number of anilines is 1. The van der Waals surface area contributed by atoms with E-state index in [4.69, 9.17) is 15.2 Å². The van der Waals surface area contributed by atoms with E-state index in [0.717, 1.165) is 49.9 Å². The zero-order valence-corrected chi connectivity index (χ0v) is 24.1. The molecule has 0 aliphatic heterocycles.